The summed E-state index contributed by atoms with van der Waals surface area (Å²) in [4.78, 5) is 42.2. The molecule has 0 bridgehead atoms. The fourth-order valence-electron chi connectivity index (χ4n) is 3.76. The Hall–Kier alpha value is -3.55. The second kappa shape index (κ2) is 9.51. The highest BCUT2D eigenvalue weighted by Gasteiger charge is 2.26. The van der Waals surface area contributed by atoms with E-state index >= 15 is 0 Å². The molecule has 8 nitrogen and oxygen atoms in total. The van der Waals surface area contributed by atoms with Gasteiger partial charge in [-0.25, -0.2) is 0 Å². The van der Waals surface area contributed by atoms with Gasteiger partial charge in [0, 0.05) is 38.4 Å². The first kappa shape index (κ1) is 20.7. The molecule has 0 aliphatic carbocycles. The number of benzene rings is 2. The molecule has 2 aromatic rings. The molecule has 2 amide bonds. The Morgan fingerprint density at radius 1 is 0.935 bits per heavy atom. The van der Waals surface area contributed by atoms with E-state index in [-0.39, 0.29) is 38.0 Å². The molecule has 1 fully saturated rings. The zero-order chi connectivity index (χ0) is 21.6. The largest absolute Gasteiger partial charge is 0.482 e. The van der Waals surface area contributed by atoms with E-state index < -0.39 is 5.97 Å². The fraction of sp³-hybridized carbons (Fsp3) is 0.348. The van der Waals surface area contributed by atoms with Crippen molar-refractivity contribution in [1.29, 1.82) is 0 Å². The summed E-state index contributed by atoms with van der Waals surface area (Å²) >= 11 is 0. The number of hydrogen-bond acceptors (Lipinski definition) is 6. The van der Waals surface area contributed by atoms with Crippen LogP contribution < -0.4 is 14.5 Å². The number of piperazine rings is 1. The Balaban J connectivity index is 1.21. The Kier molecular flexibility index (Phi) is 6.35. The average Bonchev–Trinajstić information content (AvgIpc) is 2.82. The van der Waals surface area contributed by atoms with Crippen LogP contribution in [0.1, 0.15) is 6.42 Å². The number of esters is 1. The molecule has 2 aliphatic rings. The number of carbonyl (C=O) groups excluding carboxylic acids is 3. The number of hydrogen-bond donors (Lipinski definition) is 0. The lowest BCUT2D eigenvalue weighted by Gasteiger charge is -2.36. The van der Waals surface area contributed by atoms with E-state index in [2.05, 4.69) is 17.0 Å². The Morgan fingerprint density at radius 2 is 1.65 bits per heavy atom. The van der Waals surface area contributed by atoms with Gasteiger partial charge in [0.1, 0.15) is 5.75 Å². The number of nitrogens with zero attached hydrogens (tertiary/aromatic N) is 3. The molecular formula is C23H25N3O5. The van der Waals surface area contributed by atoms with Gasteiger partial charge in [-0.1, -0.05) is 30.3 Å². The van der Waals surface area contributed by atoms with Crippen LogP contribution in [-0.2, 0) is 19.1 Å². The molecule has 8 heteroatoms. The van der Waals surface area contributed by atoms with E-state index in [0.29, 0.717) is 24.5 Å². The van der Waals surface area contributed by atoms with Crippen LogP contribution in [0.3, 0.4) is 0 Å². The quantitative estimate of drug-likeness (QED) is 0.658. The molecule has 2 heterocycles. The highest BCUT2D eigenvalue weighted by atomic mass is 16.5. The van der Waals surface area contributed by atoms with Gasteiger partial charge in [-0.05, 0) is 24.3 Å². The topological polar surface area (TPSA) is 79.4 Å². The highest BCUT2D eigenvalue weighted by Crippen LogP contribution is 2.31. The third-order valence-corrected chi connectivity index (χ3v) is 5.46. The first-order chi connectivity index (χ1) is 15.1. The van der Waals surface area contributed by atoms with Gasteiger partial charge in [-0.15, -0.1) is 0 Å². The summed E-state index contributed by atoms with van der Waals surface area (Å²) in [6.07, 6.45) is 0.00907. The van der Waals surface area contributed by atoms with Crippen molar-refractivity contribution in [3.05, 3.63) is 54.6 Å². The molecule has 0 radical (unpaired) electrons. The highest BCUT2D eigenvalue weighted by molar-refractivity contribution is 5.98. The van der Waals surface area contributed by atoms with Gasteiger partial charge in [0.25, 0.3) is 11.8 Å². The average molecular weight is 423 g/mol. The van der Waals surface area contributed by atoms with Gasteiger partial charge in [-0.2, -0.15) is 0 Å². The standard InChI is InChI=1S/C23H25N3O5/c27-21(25-14-12-24(13-15-25)18-6-2-1-3-7-18)16-31-23(29)10-11-26-19-8-4-5-9-20(19)30-17-22(26)28/h1-9H,10-17H2. The zero-order valence-electron chi connectivity index (χ0n) is 17.2. The minimum Gasteiger partial charge on any atom is -0.482 e. The molecule has 0 atom stereocenters. The van der Waals surface area contributed by atoms with Crippen LogP contribution in [0.5, 0.6) is 5.75 Å². The predicted octanol–water partition coefficient (Wildman–Crippen LogP) is 1.69. The van der Waals surface area contributed by atoms with E-state index in [0.717, 1.165) is 18.8 Å². The summed E-state index contributed by atoms with van der Waals surface area (Å²) < 4.78 is 10.6. The van der Waals surface area contributed by atoms with Crippen molar-refractivity contribution in [2.45, 2.75) is 6.42 Å². The van der Waals surface area contributed by atoms with Crippen LogP contribution in [0, 0.1) is 0 Å². The third kappa shape index (κ3) is 4.96. The summed E-state index contributed by atoms with van der Waals surface area (Å²) in [5.74, 6) is -0.305. The van der Waals surface area contributed by atoms with Gasteiger partial charge in [0.2, 0.25) is 0 Å². The van der Waals surface area contributed by atoms with E-state index in [1.165, 1.54) is 4.90 Å². The lowest BCUT2D eigenvalue weighted by molar-refractivity contribution is -0.152. The van der Waals surface area contributed by atoms with Crippen molar-refractivity contribution in [3.8, 4) is 5.75 Å². The molecule has 2 aliphatic heterocycles. The molecule has 162 valence electrons. The molecule has 0 saturated carbocycles. The number of anilines is 2. The molecule has 0 unspecified atom stereocenters. The van der Waals surface area contributed by atoms with Crippen LogP contribution >= 0.6 is 0 Å². The number of ether oxygens (including phenoxy) is 2. The molecule has 0 aromatic heterocycles. The Morgan fingerprint density at radius 3 is 2.42 bits per heavy atom. The Bertz CT molecular complexity index is 941. The number of amides is 2. The van der Waals surface area contributed by atoms with Gasteiger partial charge < -0.3 is 24.2 Å². The van der Waals surface area contributed by atoms with Crippen LogP contribution in [0.25, 0.3) is 0 Å². The van der Waals surface area contributed by atoms with Crippen molar-refractivity contribution in [1.82, 2.24) is 4.90 Å². The molecule has 0 N–H and O–H groups in total. The number of carbonyl (C=O) groups is 3. The summed E-state index contributed by atoms with van der Waals surface area (Å²) in [6.45, 7) is 2.50. The smallest absolute Gasteiger partial charge is 0.308 e. The summed E-state index contributed by atoms with van der Waals surface area (Å²) in [5, 5.41) is 0. The third-order valence-electron chi connectivity index (χ3n) is 5.46. The first-order valence-electron chi connectivity index (χ1n) is 10.4. The monoisotopic (exact) mass is 423 g/mol. The van der Waals surface area contributed by atoms with Crippen molar-refractivity contribution in [2.75, 3.05) is 55.7 Å². The SMILES string of the molecule is O=C(CCN1C(=O)COc2ccccc21)OCC(=O)N1CCN(c2ccccc2)CC1. The lowest BCUT2D eigenvalue weighted by atomic mass is 10.2. The van der Waals surface area contributed by atoms with Crippen LogP contribution in [-0.4, -0.2) is 68.6 Å². The molecule has 1 saturated heterocycles. The summed E-state index contributed by atoms with van der Waals surface area (Å²) in [7, 11) is 0. The Labute approximate surface area is 180 Å². The zero-order valence-corrected chi connectivity index (χ0v) is 17.2. The second-order valence-electron chi connectivity index (χ2n) is 7.42. The van der Waals surface area contributed by atoms with Crippen molar-refractivity contribution in [3.63, 3.8) is 0 Å². The van der Waals surface area contributed by atoms with Crippen molar-refractivity contribution >= 4 is 29.2 Å². The number of fused-ring (bicyclic) bond motifs is 1. The van der Waals surface area contributed by atoms with E-state index in [1.807, 2.05) is 30.3 Å². The predicted molar refractivity (Wildman–Crippen MR) is 115 cm³/mol. The molecule has 4 rings (SSSR count). The van der Waals surface area contributed by atoms with Crippen molar-refractivity contribution < 1.29 is 23.9 Å². The van der Waals surface area contributed by atoms with Crippen LogP contribution in [0.4, 0.5) is 11.4 Å². The van der Waals surface area contributed by atoms with Crippen LogP contribution in [0.15, 0.2) is 54.6 Å². The maximum absolute atomic E-state index is 12.4. The maximum Gasteiger partial charge on any atom is 0.308 e. The normalized spacial score (nSPS) is 15.9. The number of para-hydroxylation sites is 3. The minimum atomic E-state index is -0.506. The van der Waals surface area contributed by atoms with Crippen molar-refractivity contribution in [2.24, 2.45) is 0 Å². The minimum absolute atomic E-state index is 0.00907. The lowest BCUT2D eigenvalue weighted by Crippen LogP contribution is -2.50. The van der Waals surface area contributed by atoms with E-state index in [1.54, 1.807) is 17.0 Å². The van der Waals surface area contributed by atoms with Gasteiger partial charge in [0.15, 0.2) is 13.2 Å². The second-order valence-corrected chi connectivity index (χ2v) is 7.42. The first-order valence-corrected chi connectivity index (χ1v) is 10.4. The van der Waals surface area contributed by atoms with Crippen LogP contribution in [0.2, 0.25) is 0 Å². The molecular weight excluding hydrogens is 398 g/mol. The summed E-state index contributed by atoms with van der Waals surface area (Å²) in [5.41, 5.74) is 1.78. The molecule has 2 aromatic carbocycles. The van der Waals surface area contributed by atoms with E-state index in [9.17, 15) is 14.4 Å². The van der Waals surface area contributed by atoms with Gasteiger partial charge in [-0.3, -0.25) is 14.4 Å². The number of rotatable bonds is 6. The molecule has 0 spiro atoms. The van der Waals surface area contributed by atoms with Gasteiger partial charge >= 0.3 is 5.97 Å². The maximum atomic E-state index is 12.4. The summed E-state index contributed by atoms with van der Waals surface area (Å²) in [6, 6.07) is 17.3. The van der Waals surface area contributed by atoms with E-state index in [4.69, 9.17) is 9.47 Å². The fourth-order valence-corrected chi connectivity index (χ4v) is 3.76. The van der Waals surface area contributed by atoms with Gasteiger partial charge in [0.05, 0.1) is 12.1 Å². The molecule has 31 heavy (non-hydrogen) atoms.